The van der Waals surface area contributed by atoms with E-state index in [9.17, 15) is 4.79 Å². The zero-order valence-corrected chi connectivity index (χ0v) is 17.7. The van der Waals surface area contributed by atoms with Crippen molar-refractivity contribution < 1.29 is 19.0 Å². The van der Waals surface area contributed by atoms with E-state index in [-0.39, 0.29) is 6.61 Å². The number of nitrogens with one attached hydrogen (secondary N) is 2. The highest BCUT2D eigenvalue weighted by molar-refractivity contribution is 5.91. The molecule has 3 aromatic rings. The summed E-state index contributed by atoms with van der Waals surface area (Å²) < 4.78 is 16.1. The van der Waals surface area contributed by atoms with Crippen LogP contribution in [0.2, 0.25) is 0 Å². The monoisotopic (exact) mass is 409 g/mol. The van der Waals surface area contributed by atoms with Crippen molar-refractivity contribution in [2.24, 2.45) is 5.92 Å². The SMILES string of the molecule is COc1ccc(-c2n[nH]c(CC(C)C)c2NC(=O)OCc2ccccc2)cc1OC. The van der Waals surface area contributed by atoms with E-state index in [4.69, 9.17) is 14.2 Å². The first-order chi connectivity index (χ1) is 14.5. The van der Waals surface area contributed by atoms with Crippen LogP contribution in [0.3, 0.4) is 0 Å². The van der Waals surface area contributed by atoms with Crippen molar-refractivity contribution in [2.75, 3.05) is 19.5 Å². The number of carbonyl (C=O) groups is 1. The number of carbonyl (C=O) groups excluding carboxylic acids is 1. The Kier molecular flexibility index (Phi) is 6.95. The zero-order chi connectivity index (χ0) is 21.5. The number of aromatic nitrogens is 2. The van der Waals surface area contributed by atoms with Crippen LogP contribution in [0.25, 0.3) is 11.3 Å². The second kappa shape index (κ2) is 9.82. The second-order valence-electron chi connectivity index (χ2n) is 7.28. The van der Waals surface area contributed by atoms with E-state index in [1.807, 2.05) is 48.5 Å². The summed E-state index contributed by atoms with van der Waals surface area (Å²) in [6.45, 7) is 4.40. The lowest BCUT2D eigenvalue weighted by Crippen LogP contribution is -2.15. The van der Waals surface area contributed by atoms with Crippen LogP contribution in [0, 0.1) is 5.92 Å². The Bertz CT molecular complexity index is 983. The molecule has 2 N–H and O–H groups in total. The molecule has 0 saturated heterocycles. The molecule has 0 bridgehead atoms. The zero-order valence-electron chi connectivity index (χ0n) is 17.7. The van der Waals surface area contributed by atoms with Crippen molar-refractivity contribution >= 4 is 11.8 Å². The van der Waals surface area contributed by atoms with Crippen LogP contribution >= 0.6 is 0 Å². The molecule has 0 fully saturated rings. The molecule has 7 heteroatoms. The first-order valence-electron chi connectivity index (χ1n) is 9.79. The Morgan fingerprint density at radius 1 is 1.07 bits per heavy atom. The van der Waals surface area contributed by atoms with Gasteiger partial charge in [0, 0.05) is 5.56 Å². The molecule has 1 aromatic heterocycles. The van der Waals surface area contributed by atoms with Gasteiger partial charge in [-0.05, 0) is 36.1 Å². The number of methoxy groups -OCH3 is 2. The predicted molar refractivity (Wildman–Crippen MR) is 116 cm³/mol. The minimum absolute atomic E-state index is 0.190. The molecule has 0 saturated carbocycles. The molecule has 0 radical (unpaired) electrons. The van der Waals surface area contributed by atoms with Crippen LogP contribution in [0.15, 0.2) is 48.5 Å². The quantitative estimate of drug-likeness (QED) is 0.544. The maximum Gasteiger partial charge on any atom is 0.412 e. The molecule has 3 rings (SSSR count). The number of H-pyrrole nitrogens is 1. The molecule has 1 amide bonds. The van der Waals surface area contributed by atoms with Crippen molar-refractivity contribution in [2.45, 2.75) is 26.9 Å². The highest BCUT2D eigenvalue weighted by atomic mass is 16.5. The number of nitrogens with zero attached hydrogens (tertiary/aromatic N) is 1. The number of benzene rings is 2. The first kappa shape index (κ1) is 21.2. The maximum absolute atomic E-state index is 12.5. The number of hydrogen-bond donors (Lipinski definition) is 2. The molecular weight excluding hydrogens is 382 g/mol. The van der Waals surface area contributed by atoms with Gasteiger partial charge in [0.25, 0.3) is 0 Å². The molecule has 0 aliphatic rings. The standard InChI is InChI=1S/C23H27N3O4/c1-15(2)12-18-22(24-23(27)30-14-16-8-6-5-7-9-16)21(26-25-18)17-10-11-19(28-3)20(13-17)29-4/h5-11,13,15H,12,14H2,1-4H3,(H,24,27)(H,25,26). The van der Waals surface area contributed by atoms with Gasteiger partial charge < -0.3 is 14.2 Å². The van der Waals surface area contributed by atoms with Crippen molar-refractivity contribution in [1.29, 1.82) is 0 Å². The Balaban J connectivity index is 1.86. The summed E-state index contributed by atoms with van der Waals surface area (Å²) in [5.41, 5.74) is 3.77. The van der Waals surface area contributed by atoms with Crippen LogP contribution in [0.4, 0.5) is 10.5 Å². The Morgan fingerprint density at radius 3 is 2.47 bits per heavy atom. The fourth-order valence-corrected chi connectivity index (χ4v) is 3.12. The van der Waals surface area contributed by atoms with E-state index in [0.717, 1.165) is 23.2 Å². The second-order valence-corrected chi connectivity index (χ2v) is 7.28. The molecule has 2 aromatic carbocycles. The van der Waals surface area contributed by atoms with Gasteiger partial charge in [0.2, 0.25) is 0 Å². The number of ether oxygens (including phenoxy) is 3. The summed E-state index contributed by atoms with van der Waals surface area (Å²) in [5.74, 6) is 1.58. The highest BCUT2D eigenvalue weighted by Crippen LogP contribution is 2.36. The van der Waals surface area contributed by atoms with Gasteiger partial charge in [0.1, 0.15) is 12.3 Å². The molecule has 7 nitrogen and oxygen atoms in total. The Labute approximate surface area is 176 Å². The fraction of sp³-hybridized carbons (Fsp3) is 0.304. The van der Waals surface area contributed by atoms with E-state index >= 15 is 0 Å². The van der Waals surface area contributed by atoms with Gasteiger partial charge in [-0.1, -0.05) is 44.2 Å². The van der Waals surface area contributed by atoms with Crippen molar-refractivity contribution in [3.05, 3.63) is 59.8 Å². The predicted octanol–water partition coefficient (Wildman–Crippen LogP) is 5.04. The van der Waals surface area contributed by atoms with Crippen LogP contribution in [-0.4, -0.2) is 30.5 Å². The van der Waals surface area contributed by atoms with Crippen LogP contribution in [0.1, 0.15) is 25.1 Å². The van der Waals surface area contributed by atoms with E-state index in [0.29, 0.717) is 28.8 Å². The third-order valence-corrected chi connectivity index (χ3v) is 4.55. The third kappa shape index (κ3) is 5.11. The number of aromatic amines is 1. The summed E-state index contributed by atoms with van der Waals surface area (Å²) >= 11 is 0. The van der Waals surface area contributed by atoms with E-state index in [1.165, 1.54) is 0 Å². The molecule has 158 valence electrons. The Morgan fingerprint density at radius 2 is 1.80 bits per heavy atom. The first-order valence-corrected chi connectivity index (χ1v) is 9.79. The average molecular weight is 409 g/mol. The summed E-state index contributed by atoms with van der Waals surface area (Å²) in [7, 11) is 3.17. The lowest BCUT2D eigenvalue weighted by Gasteiger charge is -2.12. The summed E-state index contributed by atoms with van der Waals surface area (Å²) in [4.78, 5) is 12.5. The van der Waals surface area contributed by atoms with Crippen molar-refractivity contribution in [1.82, 2.24) is 10.2 Å². The van der Waals surface area contributed by atoms with Gasteiger partial charge in [0.05, 0.1) is 25.6 Å². The lowest BCUT2D eigenvalue weighted by molar-refractivity contribution is 0.155. The largest absolute Gasteiger partial charge is 0.493 e. The molecule has 30 heavy (non-hydrogen) atoms. The van der Waals surface area contributed by atoms with Gasteiger partial charge >= 0.3 is 6.09 Å². The molecule has 0 unspecified atom stereocenters. The fourth-order valence-electron chi connectivity index (χ4n) is 3.12. The normalized spacial score (nSPS) is 10.7. The molecule has 0 aliphatic carbocycles. The topological polar surface area (TPSA) is 85.5 Å². The highest BCUT2D eigenvalue weighted by Gasteiger charge is 2.20. The van der Waals surface area contributed by atoms with Crippen molar-refractivity contribution in [3.8, 4) is 22.8 Å². The average Bonchev–Trinajstić information content (AvgIpc) is 3.13. The molecule has 1 heterocycles. The minimum atomic E-state index is -0.535. The number of anilines is 1. The minimum Gasteiger partial charge on any atom is -0.493 e. The number of rotatable bonds is 8. The lowest BCUT2D eigenvalue weighted by atomic mass is 10.0. The summed E-state index contributed by atoms with van der Waals surface area (Å²) in [5, 5.41) is 10.4. The van der Waals surface area contributed by atoms with Crippen LogP contribution in [-0.2, 0) is 17.8 Å². The third-order valence-electron chi connectivity index (χ3n) is 4.55. The maximum atomic E-state index is 12.5. The van der Waals surface area contributed by atoms with Gasteiger partial charge in [-0.2, -0.15) is 5.10 Å². The van der Waals surface area contributed by atoms with Crippen molar-refractivity contribution in [3.63, 3.8) is 0 Å². The smallest absolute Gasteiger partial charge is 0.412 e. The number of hydrogen-bond acceptors (Lipinski definition) is 5. The van der Waals surface area contributed by atoms with Crippen LogP contribution in [0.5, 0.6) is 11.5 Å². The Hall–Kier alpha value is -3.48. The van der Waals surface area contributed by atoms with Gasteiger partial charge in [-0.25, -0.2) is 4.79 Å². The van der Waals surface area contributed by atoms with E-state index in [1.54, 1.807) is 14.2 Å². The van der Waals surface area contributed by atoms with Crippen LogP contribution < -0.4 is 14.8 Å². The molecule has 0 spiro atoms. The molecule has 0 aliphatic heterocycles. The van der Waals surface area contributed by atoms with E-state index < -0.39 is 6.09 Å². The van der Waals surface area contributed by atoms with Gasteiger partial charge in [-0.15, -0.1) is 0 Å². The number of amides is 1. The van der Waals surface area contributed by atoms with Gasteiger partial charge in [0.15, 0.2) is 11.5 Å². The summed E-state index contributed by atoms with van der Waals surface area (Å²) in [6.07, 6.45) is 0.196. The summed E-state index contributed by atoms with van der Waals surface area (Å²) in [6, 6.07) is 15.1. The molecule has 0 atom stereocenters. The van der Waals surface area contributed by atoms with E-state index in [2.05, 4.69) is 29.4 Å². The molecular formula is C23H27N3O4. The van der Waals surface area contributed by atoms with Gasteiger partial charge in [-0.3, -0.25) is 10.4 Å².